The summed E-state index contributed by atoms with van der Waals surface area (Å²) in [6, 6.07) is 9.66. The van der Waals surface area contributed by atoms with Crippen LogP contribution < -0.4 is 15.5 Å². The molecule has 1 saturated heterocycles. The Kier molecular flexibility index (Phi) is 4.84. The number of anilines is 3. The number of carbonyl (C=O) groups excluding carboxylic acids is 2. The second kappa shape index (κ2) is 7.66. The van der Waals surface area contributed by atoms with Gasteiger partial charge in [0.1, 0.15) is 5.82 Å². The molecule has 30 heavy (non-hydrogen) atoms. The number of carbonyl (C=O) groups is 2. The quantitative estimate of drug-likeness (QED) is 0.671. The molecule has 7 nitrogen and oxygen atoms in total. The Labute approximate surface area is 175 Å². The fourth-order valence-electron chi connectivity index (χ4n) is 3.78. The summed E-state index contributed by atoms with van der Waals surface area (Å²) in [5.74, 6) is -1.73. The van der Waals surface area contributed by atoms with Gasteiger partial charge >= 0.3 is 0 Å². The molecule has 5 rings (SSSR count). The van der Waals surface area contributed by atoms with E-state index in [4.69, 9.17) is 4.74 Å². The molecule has 2 N–H and O–H groups in total. The van der Waals surface area contributed by atoms with Gasteiger partial charge in [0, 0.05) is 30.9 Å². The number of nitrogens with zero attached hydrogens (tertiary/aromatic N) is 2. The summed E-state index contributed by atoms with van der Waals surface area (Å²) in [6.07, 6.45) is 0.0223. The van der Waals surface area contributed by atoms with Gasteiger partial charge in [0.2, 0.25) is 11.8 Å². The van der Waals surface area contributed by atoms with Crippen molar-refractivity contribution in [3.05, 3.63) is 47.8 Å². The van der Waals surface area contributed by atoms with Crippen LogP contribution in [0, 0.1) is 5.82 Å². The first-order valence-electron chi connectivity index (χ1n) is 9.70. The lowest BCUT2D eigenvalue weighted by molar-refractivity contribution is -0.123. The van der Waals surface area contributed by atoms with E-state index >= 15 is 0 Å². The maximum Gasteiger partial charge on any atom is 0.232 e. The minimum atomic E-state index is -0.671. The highest BCUT2D eigenvalue weighted by Gasteiger charge is 2.31. The molecule has 1 fully saturated rings. The van der Waals surface area contributed by atoms with E-state index < -0.39 is 11.7 Å². The number of nitrogens with one attached hydrogen (secondary N) is 2. The molecular weight excluding hydrogens is 407 g/mol. The molecule has 0 unspecified atom stereocenters. The molecule has 0 saturated carbocycles. The Hall–Kier alpha value is -3.04. The van der Waals surface area contributed by atoms with Crippen molar-refractivity contribution in [3.63, 3.8) is 0 Å². The van der Waals surface area contributed by atoms with Crippen molar-refractivity contribution in [1.82, 2.24) is 4.98 Å². The van der Waals surface area contributed by atoms with Gasteiger partial charge in [-0.05, 0) is 35.9 Å². The Morgan fingerprint density at radius 1 is 1.23 bits per heavy atom. The molecule has 0 radical (unpaired) electrons. The highest BCUT2D eigenvalue weighted by atomic mass is 32.1. The standard InChI is InChI=1S/C21H19FN4O3S/c22-12-1-3-14-15(11-19(27)24-17(14)9-12)20(28)23-13-2-4-16-18(10-13)30-21(25-16)26-5-7-29-8-6-26/h1-4,9-10,15H,5-8,11H2,(H,23,28)(H,24,27)/t15-/m1/s1. The summed E-state index contributed by atoms with van der Waals surface area (Å²) in [5, 5.41) is 6.47. The van der Waals surface area contributed by atoms with Crippen molar-refractivity contribution in [2.45, 2.75) is 12.3 Å². The molecule has 0 spiro atoms. The van der Waals surface area contributed by atoms with Gasteiger partial charge in [0.15, 0.2) is 5.13 Å². The summed E-state index contributed by atoms with van der Waals surface area (Å²) in [6.45, 7) is 3.01. The van der Waals surface area contributed by atoms with E-state index in [2.05, 4.69) is 20.5 Å². The second-order valence-electron chi connectivity index (χ2n) is 7.30. The van der Waals surface area contributed by atoms with Crippen LogP contribution in [0.2, 0.25) is 0 Å². The van der Waals surface area contributed by atoms with Gasteiger partial charge < -0.3 is 20.3 Å². The fourth-order valence-corrected chi connectivity index (χ4v) is 4.84. The fraction of sp³-hybridized carbons (Fsp3) is 0.286. The number of benzene rings is 2. The van der Waals surface area contributed by atoms with Gasteiger partial charge in [-0.3, -0.25) is 9.59 Å². The molecule has 2 amide bonds. The molecular formula is C21H19FN4O3S. The molecule has 3 heterocycles. The topological polar surface area (TPSA) is 83.6 Å². The summed E-state index contributed by atoms with van der Waals surface area (Å²) in [4.78, 5) is 31.8. The van der Waals surface area contributed by atoms with Crippen molar-refractivity contribution in [1.29, 1.82) is 0 Å². The maximum absolute atomic E-state index is 13.5. The zero-order valence-corrected chi connectivity index (χ0v) is 16.8. The molecule has 3 aromatic rings. The minimum absolute atomic E-state index is 0.0223. The van der Waals surface area contributed by atoms with E-state index in [0.717, 1.165) is 28.4 Å². The van der Waals surface area contributed by atoms with Crippen molar-refractivity contribution in [2.75, 3.05) is 41.8 Å². The first-order valence-corrected chi connectivity index (χ1v) is 10.5. The van der Waals surface area contributed by atoms with Gasteiger partial charge in [-0.15, -0.1) is 0 Å². The summed E-state index contributed by atoms with van der Waals surface area (Å²) in [7, 11) is 0. The number of hydrogen-bond acceptors (Lipinski definition) is 6. The van der Waals surface area contributed by atoms with Crippen LogP contribution in [-0.4, -0.2) is 43.1 Å². The van der Waals surface area contributed by atoms with E-state index in [-0.39, 0.29) is 18.2 Å². The normalized spacial score (nSPS) is 18.8. The van der Waals surface area contributed by atoms with Gasteiger partial charge in [0.25, 0.3) is 0 Å². The monoisotopic (exact) mass is 426 g/mol. The van der Waals surface area contributed by atoms with Crippen LogP contribution in [-0.2, 0) is 14.3 Å². The Morgan fingerprint density at radius 3 is 2.90 bits per heavy atom. The number of ether oxygens (including phenoxy) is 1. The van der Waals surface area contributed by atoms with Crippen LogP contribution in [0.15, 0.2) is 36.4 Å². The number of morpholine rings is 1. The molecule has 9 heteroatoms. The largest absolute Gasteiger partial charge is 0.378 e. The summed E-state index contributed by atoms with van der Waals surface area (Å²) < 4.78 is 19.9. The zero-order valence-electron chi connectivity index (χ0n) is 16.0. The molecule has 0 bridgehead atoms. The Bertz CT molecular complexity index is 1140. The van der Waals surface area contributed by atoms with E-state index in [9.17, 15) is 14.0 Å². The number of rotatable bonds is 3. The summed E-state index contributed by atoms with van der Waals surface area (Å²) in [5.41, 5.74) is 2.47. The van der Waals surface area contributed by atoms with Crippen LogP contribution in [0.3, 0.4) is 0 Å². The molecule has 2 aromatic carbocycles. The number of aromatic nitrogens is 1. The first kappa shape index (κ1) is 19.0. The van der Waals surface area contributed by atoms with Gasteiger partial charge in [0.05, 0.1) is 29.3 Å². The summed E-state index contributed by atoms with van der Waals surface area (Å²) >= 11 is 1.57. The SMILES string of the molecule is O=C1C[C@@H](C(=O)Nc2ccc3nc(N4CCOCC4)sc3c2)c2ccc(F)cc2N1. The maximum atomic E-state index is 13.5. The van der Waals surface area contributed by atoms with E-state index in [1.165, 1.54) is 12.1 Å². The second-order valence-corrected chi connectivity index (χ2v) is 8.31. The average molecular weight is 426 g/mol. The Balaban J connectivity index is 1.38. The molecule has 2 aliphatic rings. The van der Waals surface area contributed by atoms with E-state index in [1.54, 1.807) is 23.5 Å². The van der Waals surface area contributed by atoms with Crippen molar-refractivity contribution < 1.29 is 18.7 Å². The average Bonchev–Trinajstić information content (AvgIpc) is 3.17. The lowest BCUT2D eigenvalue weighted by atomic mass is 9.89. The van der Waals surface area contributed by atoms with Crippen molar-refractivity contribution in [3.8, 4) is 0 Å². The highest BCUT2D eigenvalue weighted by molar-refractivity contribution is 7.22. The van der Waals surface area contributed by atoms with Crippen LogP contribution >= 0.6 is 11.3 Å². The van der Waals surface area contributed by atoms with Gasteiger partial charge in [-0.25, -0.2) is 9.37 Å². The third kappa shape index (κ3) is 3.61. The van der Waals surface area contributed by atoms with Crippen LogP contribution in [0.5, 0.6) is 0 Å². The number of fused-ring (bicyclic) bond motifs is 2. The van der Waals surface area contributed by atoms with E-state index in [1.807, 2.05) is 12.1 Å². The first-order chi connectivity index (χ1) is 14.6. The van der Waals surface area contributed by atoms with E-state index in [0.29, 0.717) is 30.2 Å². The third-order valence-electron chi connectivity index (χ3n) is 5.30. The number of halogens is 1. The highest BCUT2D eigenvalue weighted by Crippen LogP contribution is 2.35. The third-order valence-corrected chi connectivity index (χ3v) is 6.38. The van der Waals surface area contributed by atoms with Crippen molar-refractivity contribution >= 4 is 49.9 Å². The molecule has 154 valence electrons. The number of hydrogen-bond donors (Lipinski definition) is 2. The minimum Gasteiger partial charge on any atom is -0.378 e. The Morgan fingerprint density at radius 2 is 2.07 bits per heavy atom. The molecule has 0 aliphatic carbocycles. The predicted molar refractivity (Wildman–Crippen MR) is 114 cm³/mol. The molecule has 1 aromatic heterocycles. The van der Waals surface area contributed by atoms with Crippen LogP contribution in [0.4, 0.5) is 20.9 Å². The number of thiazole rings is 1. The lowest BCUT2D eigenvalue weighted by Gasteiger charge is -2.25. The molecule has 1 atom stereocenters. The van der Waals surface area contributed by atoms with Crippen molar-refractivity contribution in [2.24, 2.45) is 0 Å². The lowest BCUT2D eigenvalue weighted by Crippen LogP contribution is -2.36. The van der Waals surface area contributed by atoms with Crippen LogP contribution in [0.1, 0.15) is 17.9 Å². The van der Waals surface area contributed by atoms with Gasteiger partial charge in [-0.2, -0.15) is 0 Å². The zero-order chi connectivity index (χ0) is 20.7. The molecule has 2 aliphatic heterocycles. The van der Waals surface area contributed by atoms with Gasteiger partial charge in [-0.1, -0.05) is 17.4 Å². The smallest absolute Gasteiger partial charge is 0.232 e. The number of amides is 2. The predicted octanol–water partition coefficient (Wildman–Crippen LogP) is 3.34. The van der Waals surface area contributed by atoms with Crippen LogP contribution in [0.25, 0.3) is 10.2 Å².